The first kappa shape index (κ1) is 19.2. The van der Waals surface area contributed by atoms with E-state index in [0.717, 1.165) is 25.9 Å². The summed E-state index contributed by atoms with van der Waals surface area (Å²) < 4.78 is 0. The summed E-state index contributed by atoms with van der Waals surface area (Å²) >= 11 is 0. The minimum atomic E-state index is 0. The monoisotopic (exact) mass is 305 g/mol. The van der Waals surface area contributed by atoms with Crippen LogP contribution in [0.25, 0.3) is 0 Å². The van der Waals surface area contributed by atoms with E-state index in [2.05, 4.69) is 5.32 Å². The van der Waals surface area contributed by atoms with Gasteiger partial charge in [-0.15, -0.1) is 12.4 Å². The lowest BCUT2D eigenvalue weighted by molar-refractivity contribution is -0.137. The molecule has 20 heavy (non-hydrogen) atoms. The summed E-state index contributed by atoms with van der Waals surface area (Å²) in [5.41, 5.74) is 0. The van der Waals surface area contributed by atoms with E-state index >= 15 is 0 Å². The first-order valence-electron chi connectivity index (χ1n) is 7.34. The molecule has 1 saturated heterocycles. The van der Waals surface area contributed by atoms with Crippen molar-refractivity contribution in [2.75, 3.05) is 33.2 Å². The lowest BCUT2D eigenvalue weighted by Gasteiger charge is -2.31. The van der Waals surface area contributed by atoms with Gasteiger partial charge in [0.25, 0.3) is 0 Å². The summed E-state index contributed by atoms with van der Waals surface area (Å²) in [5, 5.41) is 3.29. The molecule has 0 spiro atoms. The van der Waals surface area contributed by atoms with Crippen LogP contribution in [0.1, 0.15) is 39.5 Å². The smallest absolute Gasteiger partial charge is 0.223 e. The summed E-state index contributed by atoms with van der Waals surface area (Å²) in [6.45, 7) is 7.30. The third kappa shape index (κ3) is 5.67. The van der Waals surface area contributed by atoms with Gasteiger partial charge in [0.15, 0.2) is 0 Å². The van der Waals surface area contributed by atoms with Crippen LogP contribution < -0.4 is 5.32 Å². The van der Waals surface area contributed by atoms with Crippen LogP contribution in [-0.4, -0.2) is 60.9 Å². The largest absolute Gasteiger partial charge is 0.343 e. The van der Waals surface area contributed by atoms with Crippen molar-refractivity contribution in [2.45, 2.75) is 45.6 Å². The number of hydrogen-bond donors (Lipinski definition) is 1. The maximum absolute atomic E-state index is 12.1. The van der Waals surface area contributed by atoms with Crippen LogP contribution in [0.2, 0.25) is 0 Å². The van der Waals surface area contributed by atoms with Gasteiger partial charge in [0.1, 0.15) is 0 Å². The van der Waals surface area contributed by atoms with Gasteiger partial charge in [-0.05, 0) is 39.8 Å². The van der Waals surface area contributed by atoms with Crippen molar-refractivity contribution in [3.05, 3.63) is 0 Å². The van der Waals surface area contributed by atoms with Gasteiger partial charge in [0.05, 0.1) is 0 Å². The third-order valence-electron chi connectivity index (χ3n) is 3.92. The number of hydrogen-bond acceptors (Lipinski definition) is 3. The average molecular weight is 306 g/mol. The van der Waals surface area contributed by atoms with E-state index in [1.54, 1.807) is 4.90 Å². The van der Waals surface area contributed by atoms with Crippen LogP contribution in [0.5, 0.6) is 0 Å². The van der Waals surface area contributed by atoms with E-state index in [1.807, 2.05) is 25.8 Å². The molecular formula is C14H28ClN3O2. The first-order valence-corrected chi connectivity index (χ1v) is 7.34. The van der Waals surface area contributed by atoms with Gasteiger partial charge >= 0.3 is 0 Å². The Morgan fingerprint density at radius 3 is 2.05 bits per heavy atom. The minimum absolute atomic E-state index is 0. The zero-order valence-electron chi connectivity index (χ0n) is 12.9. The second-order valence-electron chi connectivity index (χ2n) is 5.05. The number of carbonyl (C=O) groups is 2. The fraction of sp³-hybridized carbons (Fsp3) is 0.857. The van der Waals surface area contributed by atoms with Gasteiger partial charge in [-0.2, -0.15) is 0 Å². The third-order valence-corrected chi connectivity index (χ3v) is 3.92. The van der Waals surface area contributed by atoms with E-state index < -0.39 is 0 Å². The van der Waals surface area contributed by atoms with Crippen molar-refractivity contribution in [2.24, 2.45) is 0 Å². The summed E-state index contributed by atoms with van der Waals surface area (Å²) in [5.74, 6) is 0.171. The van der Waals surface area contributed by atoms with E-state index in [-0.39, 0.29) is 24.2 Å². The quantitative estimate of drug-likeness (QED) is 0.804. The SMILES string of the molecule is CCN(CC)C(=O)CCC(=O)N(C)C1CCNCC1.Cl. The van der Waals surface area contributed by atoms with Crippen LogP contribution >= 0.6 is 12.4 Å². The lowest BCUT2D eigenvalue weighted by Crippen LogP contribution is -2.44. The summed E-state index contributed by atoms with van der Waals surface area (Å²) in [6, 6.07) is 0.331. The molecule has 118 valence electrons. The number of amides is 2. The maximum atomic E-state index is 12.1. The highest BCUT2D eigenvalue weighted by atomic mass is 35.5. The molecule has 1 aliphatic heterocycles. The Morgan fingerprint density at radius 1 is 1.05 bits per heavy atom. The van der Waals surface area contributed by atoms with Crippen LogP contribution in [0, 0.1) is 0 Å². The number of rotatable bonds is 6. The Hall–Kier alpha value is -0.810. The standard InChI is InChI=1S/C14H27N3O2.ClH/c1-4-17(5-2)14(19)7-6-13(18)16(3)12-8-10-15-11-9-12;/h12,15H,4-11H2,1-3H3;1H. The molecule has 0 saturated carbocycles. The van der Waals surface area contributed by atoms with E-state index in [4.69, 9.17) is 0 Å². The maximum Gasteiger partial charge on any atom is 0.223 e. The second-order valence-corrected chi connectivity index (χ2v) is 5.05. The van der Waals surface area contributed by atoms with Crippen LogP contribution in [0.4, 0.5) is 0 Å². The Bertz CT molecular complexity index is 303. The van der Waals surface area contributed by atoms with Gasteiger partial charge in [-0.3, -0.25) is 9.59 Å². The number of carbonyl (C=O) groups excluding carboxylic acids is 2. The fourth-order valence-electron chi connectivity index (χ4n) is 2.52. The van der Waals surface area contributed by atoms with Crippen molar-refractivity contribution in [3.8, 4) is 0 Å². The van der Waals surface area contributed by atoms with Crippen molar-refractivity contribution in [3.63, 3.8) is 0 Å². The first-order chi connectivity index (χ1) is 9.10. The highest BCUT2D eigenvalue weighted by Crippen LogP contribution is 2.12. The molecule has 0 atom stereocenters. The molecule has 1 aliphatic rings. The molecule has 1 rings (SSSR count). The molecule has 6 heteroatoms. The van der Waals surface area contributed by atoms with Gasteiger partial charge in [0.2, 0.25) is 11.8 Å². The molecule has 1 heterocycles. The van der Waals surface area contributed by atoms with E-state index in [9.17, 15) is 9.59 Å². The molecule has 0 aromatic heterocycles. The fourth-order valence-corrected chi connectivity index (χ4v) is 2.52. The molecule has 5 nitrogen and oxygen atoms in total. The zero-order chi connectivity index (χ0) is 14.3. The molecule has 0 aromatic rings. The topological polar surface area (TPSA) is 52.7 Å². The van der Waals surface area contributed by atoms with Crippen molar-refractivity contribution in [1.29, 1.82) is 0 Å². The van der Waals surface area contributed by atoms with Gasteiger partial charge in [-0.25, -0.2) is 0 Å². The molecule has 2 amide bonds. The van der Waals surface area contributed by atoms with Crippen LogP contribution in [-0.2, 0) is 9.59 Å². The number of piperidine rings is 1. The van der Waals surface area contributed by atoms with Crippen molar-refractivity contribution in [1.82, 2.24) is 15.1 Å². The highest BCUT2D eigenvalue weighted by molar-refractivity contribution is 5.85. The molecule has 0 aliphatic carbocycles. The molecular weight excluding hydrogens is 278 g/mol. The zero-order valence-corrected chi connectivity index (χ0v) is 13.7. The molecule has 0 bridgehead atoms. The minimum Gasteiger partial charge on any atom is -0.343 e. The molecule has 0 aromatic carbocycles. The van der Waals surface area contributed by atoms with Crippen molar-refractivity contribution < 1.29 is 9.59 Å². The lowest BCUT2D eigenvalue weighted by atomic mass is 10.0. The van der Waals surface area contributed by atoms with Crippen molar-refractivity contribution >= 4 is 24.2 Å². The molecule has 0 unspecified atom stereocenters. The molecule has 1 fully saturated rings. The van der Waals surface area contributed by atoms with E-state index in [0.29, 0.717) is 32.0 Å². The Labute approximate surface area is 128 Å². The normalized spacial score (nSPS) is 15.3. The predicted octanol–water partition coefficient (Wildman–Crippen LogP) is 1.27. The number of halogens is 1. The van der Waals surface area contributed by atoms with Crippen LogP contribution in [0.3, 0.4) is 0 Å². The van der Waals surface area contributed by atoms with Crippen LogP contribution in [0.15, 0.2) is 0 Å². The highest BCUT2D eigenvalue weighted by Gasteiger charge is 2.22. The Kier molecular flexibility index (Phi) is 9.59. The molecule has 1 N–H and O–H groups in total. The summed E-state index contributed by atoms with van der Waals surface area (Å²) in [4.78, 5) is 27.5. The van der Waals surface area contributed by atoms with Gasteiger partial charge < -0.3 is 15.1 Å². The number of nitrogens with one attached hydrogen (secondary N) is 1. The van der Waals surface area contributed by atoms with Gasteiger partial charge in [-0.1, -0.05) is 0 Å². The second kappa shape index (κ2) is 10.00. The summed E-state index contributed by atoms with van der Waals surface area (Å²) in [7, 11) is 1.86. The van der Waals surface area contributed by atoms with Gasteiger partial charge in [0, 0.05) is 39.0 Å². The Balaban J connectivity index is 0.00000361. The summed E-state index contributed by atoms with van der Waals surface area (Å²) in [6.07, 6.45) is 2.67. The average Bonchev–Trinajstić information content (AvgIpc) is 2.46. The van der Waals surface area contributed by atoms with E-state index in [1.165, 1.54) is 0 Å². The Morgan fingerprint density at radius 2 is 1.55 bits per heavy atom. The number of nitrogens with zero attached hydrogens (tertiary/aromatic N) is 2. The predicted molar refractivity (Wildman–Crippen MR) is 83.1 cm³/mol. The molecule has 0 radical (unpaired) electrons.